The molecule has 11 heteroatoms. The summed E-state index contributed by atoms with van der Waals surface area (Å²) < 4.78 is 69.3. The highest BCUT2D eigenvalue weighted by atomic mass is 32.2. The van der Waals surface area contributed by atoms with Gasteiger partial charge in [0.05, 0.1) is 11.3 Å². The van der Waals surface area contributed by atoms with Crippen molar-refractivity contribution in [3.8, 4) is 11.3 Å². The van der Waals surface area contributed by atoms with Crippen LogP contribution in [0.15, 0.2) is 59.6 Å². The first kappa shape index (κ1) is 24.0. The van der Waals surface area contributed by atoms with E-state index in [9.17, 15) is 21.6 Å². The standard InChI is InChI=1S/C23H24F3N5O2S/c1-15-6-3-4-7-17(15)22-18(23(24,25)26)10-11-19(28-22)30-34(32,33)21-9-5-8-20(29-21)31-13-12-27-16(2)14-31/h3-11,16,27H,12-14H2,1-2H3,(H,28,30)/t16-/m1/s1. The molecular formula is C23H24F3N5O2S. The Labute approximate surface area is 196 Å². The van der Waals surface area contributed by atoms with E-state index in [0.29, 0.717) is 24.5 Å². The molecule has 0 spiro atoms. The van der Waals surface area contributed by atoms with Crippen LogP contribution in [0.1, 0.15) is 18.1 Å². The van der Waals surface area contributed by atoms with Crippen molar-refractivity contribution in [2.24, 2.45) is 0 Å². The summed E-state index contributed by atoms with van der Waals surface area (Å²) in [6.07, 6.45) is -4.65. The van der Waals surface area contributed by atoms with Gasteiger partial charge in [-0.15, -0.1) is 0 Å². The number of sulfonamides is 1. The van der Waals surface area contributed by atoms with Crippen LogP contribution in [0.3, 0.4) is 0 Å². The number of pyridine rings is 2. The number of aromatic nitrogens is 2. The van der Waals surface area contributed by atoms with Crippen LogP contribution in [-0.2, 0) is 16.2 Å². The van der Waals surface area contributed by atoms with Crippen LogP contribution in [0.2, 0.25) is 0 Å². The Morgan fingerprint density at radius 1 is 1.06 bits per heavy atom. The minimum atomic E-state index is -4.65. The number of nitrogens with zero attached hydrogens (tertiary/aromatic N) is 3. The Kier molecular flexibility index (Phi) is 6.50. The lowest BCUT2D eigenvalue weighted by Crippen LogP contribution is -2.49. The number of aryl methyl sites for hydroxylation is 1. The van der Waals surface area contributed by atoms with Gasteiger partial charge in [-0.1, -0.05) is 30.3 Å². The van der Waals surface area contributed by atoms with Gasteiger partial charge in [-0.25, -0.2) is 9.97 Å². The third kappa shape index (κ3) is 5.15. The Balaban J connectivity index is 1.68. The van der Waals surface area contributed by atoms with E-state index in [1.165, 1.54) is 12.1 Å². The van der Waals surface area contributed by atoms with Crippen LogP contribution in [0.4, 0.5) is 24.8 Å². The van der Waals surface area contributed by atoms with Crippen molar-refractivity contribution >= 4 is 21.7 Å². The lowest BCUT2D eigenvalue weighted by atomic mass is 10.0. The summed E-state index contributed by atoms with van der Waals surface area (Å²) in [6.45, 7) is 5.78. The maximum absolute atomic E-state index is 13.7. The van der Waals surface area contributed by atoms with Gasteiger partial charge in [0.1, 0.15) is 11.6 Å². The molecule has 2 aromatic heterocycles. The van der Waals surface area contributed by atoms with Gasteiger partial charge in [0.2, 0.25) is 0 Å². The van der Waals surface area contributed by atoms with Gasteiger partial charge in [-0.3, -0.25) is 4.72 Å². The quantitative estimate of drug-likeness (QED) is 0.560. The first-order valence-electron chi connectivity index (χ1n) is 10.7. The Bertz CT molecular complexity index is 1300. The molecule has 0 unspecified atom stereocenters. The summed E-state index contributed by atoms with van der Waals surface area (Å²) in [5, 5.41) is 3.07. The Hall–Kier alpha value is -3.18. The van der Waals surface area contributed by atoms with E-state index in [4.69, 9.17) is 0 Å². The number of anilines is 2. The van der Waals surface area contributed by atoms with Gasteiger partial charge in [0.15, 0.2) is 5.03 Å². The zero-order valence-electron chi connectivity index (χ0n) is 18.6. The van der Waals surface area contributed by atoms with Crippen molar-refractivity contribution in [3.05, 3.63) is 65.7 Å². The number of alkyl halides is 3. The molecule has 0 bridgehead atoms. The summed E-state index contributed by atoms with van der Waals surface area (Å²) >= 11 is 0. The van der Waals surface area contributed by atoms with E-state index in [1.54, 1.807) is 37.3 Å². The summed E-state index contributed by atoms with van der Waals surface area (Å²) in [5.74, 6) is 0.284. The van der Waals surface area contributed by atoms with Crippen LogP contribution in [0, 0.1) is 6.92 Å². The second-order valence-corrected chi connectivity index (χ2v) is 9.78. The fraction of sp³-hybridized carbons (Fsp3) is 0.304. The molecule has 0 radical (unpaired) electrons. The number of hydrogen-bond acceptors (Lipinski definition) is 6. The average molecular weight is 492 g/mol. The van der Waals surface area contributed by atoms with Gasteiger partial charge in [-0.2, -0.15) is 21.6 Å². The predicted octanol–water partition coefficient (Wildman–Crippen LogP) is 4.07. The SMILES string of the molecule is Cc1ccccc1-c1nc(NS(=O)(=O)c2cccc(N3CCN[C@H](C)C3)n2)ccc1C(F)(F)F. The average Bonchev–Trinajstić information content (AvgIpc) is 2.78. The molecule has 1 saturated heterocycles. The summed E-state index contributed by atoms with van der Waals surface area (Å²) in [6, 6.07) is 13.2. The van der Waals surface area contributed by atoms with E-state index in [-0.39, 0.29) is 28.1 Å². The highest BCUT2D eigenvalue weighted by molar-refractivity contribution is 7.92. The van der Waals surface area contributed by atoms with Gasteiger partial charge in [0, 0.05) is 31.2 Å². The molecule has 2 N–H and O–H groups in total. The van der Waals surface area contributed by atoms with Gasteiger partial charge in [-0.05, 0) is 43.7 Å². The van der Waals surface area contributed by atoms with E-state index in [0.717, 1.165) is 18.7 Å². The largest absolute Gasteiger partial charge is 0.418 e. The molecular weight excluding hydrogens is 467 g/mol. The fourth-order valence-corrected chi connectivity index (χ4v) is 4.81. The first-order valence-corrected chi connectivity index (χ1v) is 12.2. The zero-order chi connectivity index (χ0) is 24.5. The van der Waals surface area contributed by atoms with E-state index in [1.807, 2.05) is 11.8 Å². The predicted molar refractivity (Wildman–Crippen MR) is 124 cm³/mol. The zero-order valence-corrected chi connectivity index (χ0v) is 19.4. The molecule has 3 aromatic rings. The maximum Gasteiger partial charge on any atom is 0.418 e. The minimum Gasteiger partial charge on any atom is -0.354 e. The van der Waals surface area contributed by atoms with Gasteiger partial charge in [0.25, 0.3) is 10.0 Å². The number of halogens is 3. The molecule has 0 aliphatic carbocycles. The van der Waals surface area contributed by atoms with Crippen molar-refractivity contribution < 1.29 is 21.6 Å². The van der Waals surface area contributed by atoms with Crippen molar-refractivity contribution in [2.45, 2.75) is 31.1 Å². The molecule has 1 aliphatic rings. The van der Waals surface area contributed by atoms with Crippen LogP contribution < -0.4 is 14.9 Å². The molecule has 34 heavy (non-hydrogen) atoms. The van der Waals surface area contributed by atoms with Crippen LogP contribution in [0.5, 0.6) is 0 Å². The van der Waals surface area contributed by atoms with Gasteiger partial charge >= 0.3 is 6.18 Å². The second-order valence-electron chi connectivity index (χ2n) is 8.15. The van der Waals surface area contributed by atoms with Crippen LogP contribution in [-0.4, -0.2) is 44.1 Å². The molecule has 180 valence electrons. The lowest BCUT2D eigenvalue weighted by Gasteiger charge is -2.32. The molecule has 0 saturated carbocycles. The highest BCUT2D eigenvalue weighted by Crippen LogP contribution is 2.38. The van der Waals surface area contributed by atoms with Crippen LogP contribution >= 0.6 is 0 Å². The monoisotopic (exact) mass is 491 g/mol. The second kappa shape index (κ2) is 9.22. The molecule has 7 nitrogen and oxygen atoms in total. The van der Waals surface area contributed by atoms with Crippen molar-refractivity contribution in [2.75, 3.05) is 29.3 Å². The van der Waals surface area contributed by atoms with E-state index < -0.39 is 21.8 Å². The number of rotatable bonds is 5. The molecule has 1 atom stereocenters. The minimum absolute atomic E-state index is 0.227. The molecule has 1 aromatic carbocycles. The topological polar surface area (TPSA) is 87.2 Å². The number of benzene rings is 1. The molecule has 1 fully saturated rings. The Morgan fingerprint density at radius 2 is 1.82 bits per heavy atom. The first-order chi connectivity index (χ1) is 16.0. The van der Waals surface area contributed by atoms with Crippen molar-refractivity contribution in [1.29, 1.82) is 0 Å². The summed E-state index contributed by atoms with van der Waals surface area (Å²) in [7, 11) is -4.19. The number of hydrogen-bond donors (Lipinski definition) is 2. The molecule has 0 amide bonds. The van der Waals surface area contributed by atoms with E-state index >= 15 is 0 Å². The fourth-order valence-electron chi connectivity index (χ4n) is 3.85. The van der Waals surface area contributed by atoms with Crippen molar-refractivity contribution in [3.63, 3.8) is 0 Å². The van der Waals surface area contributed by atoms with Crippen molar-refractivity contribution in [1.82, 2.24) is 15.3 Å². The third-order valence-electron chi connectivity index (χ3n) is 5.52. The number of piperazine rings is 1. The van der Waals surface area contributed by atoms with Gasteiger partial charge < -0.3 is 10.2 Å². The third-order valence-corrected chi connectivity index (χ3v) is 6.77. The molecule has 1 aliphatic heterocycles. The normalized spacial score (nSPS) is 17.0. The Morgan fingerprint density at radius 3 is 2.53 bits per heavy atom. The molecule has 4 rings (SSSR count). The summed E-state index contributed by atoms with van der Waals surface area (Å²) in [4.78, 5) is 10.3. The smallest absolute Gasteiger partial charge is 0.354 e. The van der Waals surface area contributed by atoms with Crippen LogP contribution in [0.25, 0.3) is 11.3 Å². The summed E-state index contributed by atoms with van der Waals surface area (Å²) in [5.41, 5.74) is -0.441. The number of nitrogens with one attached hydrogen (secondary N) is 2. The highest BCUT2D eigenvalue weighted by Gasteiger charge is 2.35. The lowest BCUT2D eigenvalue weighted by molar-refractivity contribution is -0.137. The maximum atomic E-state index is 13.7. The molecule has 3 heterocycles. The van der Waals surface area contributed by atoms with E-state index in [2.05, 4.69) is 20.0 Å².